The Morgan fingerprint density at radius 1 is 1.18 bits per heavy atom. The number of rotatable bonds is 8. The van der Waals surface area contributed by atoms with E-state index in [9.17, 15) is 26.7 Å². The van der Waals surface area contributed by atoms with Gasteiger partial charge in [0.2, 0.25) is 5.91 Å². The third kappa shape index (κ3) is 7.29. The van der Waals surface area contributed by atoms with Crippen molar-refractivity contribution in [2.24, 2.45) is 0 Å². The molecule has 0 atom stereocenters. The monoisotopic (exact) mass is 473 g/mol. The molecule has 1 aliphatic rings. The zero-order chi connectivity index (χ0) is 24.0. The highest BCUT2D eigenvalue weighted by molar-refractivity contribution is 5.95. The summed E-state index contributed by atoms with van der Waals surface area (Å²) in [5.41, 5.74) is 0.326. The third-order valence-electron chi connectivity index (χ3n) is 4.94. The van der Waals surface area contributed by atoms with Crippen LogP contribution >= 0.6 is 0 Å². The Kier molecular flexibility index (Phi) is 8.09. The second-order valence-corrected chi connectivity index (χ2v) is 7.58. The van der Waals surface area contributed by atoms with Crippen molar-refractivity contribution in [3.8, 4) is 5.75 Å². The van der Waals surface area contributed by atoms with Crippen LogP contribution < -0.4 is 15.0 Å². The third-order valence-corrected chi connectivity index (χ3v) is 4.94. The van der Waals surface area contributed by atoms with Gasteiger partial charge in [-0.25, -0.2) is 0 Å². The van der Waals surface area contributed by atoms with Gasteiger partial charge in [-0.15, -0.1) is 0 Å². The summed E-state index contributed by atoms with van der Waals surface area (Å²) in [7, 11) is 1.63. The van der Waals surface area contributed by atoms with Crippen LogP contribution in [-0.2, 0) is 22.3 Å². The number of morpholine rings is 1. The van der Waals surface area contributed by atoms with E-state index in [1.807, 2.05) is 4.90 Å². The Morgan fingerprint density at radius 3 is 2.58 bits per heavy atom. The molecule has 3 rings (SSSR count). The molecular weight excluding hydrogens is 449 g/mol. The Bertz CT molecular complexity index is 949. The minimum absolute atomic E-state index is 0.000491. The number of halogens is 5. The lowest BCUT2D eigenvalue weighted by Gasteiger charge is -2.31. The molecule has 0 aliphatic carbocycles. The highest BCUT2D eigenvalue weighted by atomic mass is 19.4. The molecule has 6 nitrogen and oxygen atoms in total. The minimum Gasteiger partial charge on any atom is -0.435 e. The first kappa shape index (κ1) is 24.7. The van der Waals surface area contributed by atoms with Crippen molar-refractivity contribution in [3.63, 3.8) is 0 Å². The van der Waals surface area contributed by atoms with E-state index in [-0.39, 0.29) is 24.5 Å². The van der Waals surface area contributed by atoms with Gasteiger partial charge >= 0.3 is 12.8 Å². The van der Waals surface area contributed by atoms with Gasteiger partial charge in [0.05, 0.1) is 36.7 Å². The lowest BCUT2D eigenvalue weighted by molar-refractivity contribution is -0.137. The fourth-order valence-electron chi connectivity index (χ4n) is 3.51. The molecular formula is C22H24F5N3O3. The van der Waals surface area contributed by atoms with Crippen LogP contribution in [-0.4, -0.2) is 57.3 Å². The van der Waals surface area contributed by atoms with Crippen LogP contribution in [0.25, 0.3) is 0 Å². The van der Waals surface area contributed by atoms with Gasteiger partial charge in [-0.3, -0.25) is 9.69 Å². The number of carbonyl (C=O) groups excluding carboxylic acids is 1. The lowest BCUT2D eigenvalue weighted by Crippen LogP contribution is -2.37. The van der Waals surface area contributed by atoms with Crippen LogP contribution in [0.4, 0.5) is 33.3 Å². The van der Waals surface area contributed by atoms with Gasteiger partial charge in [-0.05, 0) is 42.9 Å². The van der Waals surface area contributed by atoms with Crippen LogP contribution in [0.2, 0.25) is 0 Å². The Balaban J connectivity index is 1.69. The number of alkyl halides is 5. The average Bonchev–Trinajstić information content (AvgIpc) is 2.73. The number of ether oxygens (including phenoxy) is 2. The molecule has 1 saturated heterocycles. The summed E-state index contributed by atoms with van der Waals surface area (Å²) in [6.07, 6.45) is -4.55. The van der Waals surface area contributed by atoms with Crippen molar-refractivity contribution < 1.29 is 36.2 Å². The molecule has 0 spiro atoms. The molecule has 11 heteroatoms. The Morgan fingerprint density at radius 2 is 1.91 bits per heavy atom. The molecule has 180 valence electrons. The van der Waals surface area contributed by atoms with E-state index in [2.05, 4.69) is 10.1 Å². The standard InChI is InChI=1S/C22H24F5N3O3/c1-29(13-15-3-2-4-17(11-15)33-21(23)24)14-20(31)28-18-12-16(22(25,26)27)5-6-19(18)30-7-9-32-10-8-30/h2-6,11-12,21H,7-10,13-14H2,1H3,(H,28,31). The van der Waals surface area contributed by atoms with Crippen LogP contribution in [0.1, 0.15) is 11.1 Å². The number of amides is 1. The SMILES string of the molecule is CN(CC(=O)Nc1cc(C(F)(F)F)ccc1N1CCOCC1)Cc1cccc(OC(F)F)c1. The van der Waals surface area contributed by atoms with Crippen LogP contribution in [0.3, 0.4) is 0 Å². The van der Waals surface area contributed by atoms with Gasteiger partial charge in [0.25, 0.3) is 0 Å². The highest BCUT2D eigenvalue weighted by Crippen LogP contribution is 2.35. The fourth-order valence-corrected chi connectivity index (χ4v) is 3.51. The molecule has 2 aromatic rings. The molecule has 1 aliphatic heterocycles. The van der Waals surface area contributed by atoms with Crippen molar-refractivity contribution in [1.29, 1.82) is 0 Å². The summed E-state index contributed by atoms with van der Waals surface area (Å²) in [6.45, 7) is -0.976. The number of nitrogens with one attached hydrogen (secondary N) is 1. The second kappa shape index (κ2) is 10.8. The van der Waals surface area contributed by atoms with Gasteiger partial charge in [-0.2, -0.15) is 22.0 Å². The average molecular weight is 473 g/mol. The van der Waals surface area contributed by atoms with Crippen molar-refractivity contribution in [1.82, 2.24) is 4.90 Å². The lowest BCUT2D eigenvalue weighted by atomic mass is 10.1. The fraction of sp³-hybridized carbons (Fsp3) is 0.409. The van der Waals surface area contributed by atoms with E-state index in [0.717, 1.165) is 12.1 Å². The number of carbonyl (C=O) groups is 1. The van der Waals surface area contributed by atoms with E-state index < -0.39 is 24.3 Å². The summed E-state index contributed by atoms with van der Waals surface area (Å²) < 4.78 is 74.2. The maximum atomic E-state index is 13.2. The largest absolute Gasteiger partial charge is 0.435 e. The first-order valence-corrected chi connectivity index (χ1v) is 10.2. The molecule has 0 bridgehead atoms. The number of benzene rings is 2. The molecule has 1 amide bonds. The molecule has 0 radical (unpaired) electrons. The summed E-state index contributed by atoms with van der Waals surface area (Å²) in [4.78, 5) is 16.1. The van der Waals surface area contributed by atoms with E-state index in [1.54, 1.807) is 24.1 Å². The van der Waals surface area contributed by atoms with Gasteiger partial charge in [-0.1, -0.05) is 12.1 Å². The number of hydrogen-bond acceptors (Lipinski definition) is 5. The molecule has 0 saturated carbocycles. The maximum absolute atomic E-state index is 13.2. The first-order chi connectivity index (χ1) is 15.6. The Labute approximate surface area is 187 Å². The molecule has 2 aromatic carbocycles. The second-order valence-electron chi connectivity index (χ2n) is 7.58. The summed E-state index contributed by atoms with van der Waals surface area (Å²) >= 11 is 0. The summed E-state index contributed by atoms with van der Waals surface area (Å²) in [5, 5.41) is 2.59. The van der Waals surface area contributed by atoms with Gasteiger partial charge in [0.1, 0.15) is 5.75 Å². The highest BCUT2D eigenvalue weighted by Gasteiger charge is 2.32. The smallest absolute Gasteiger partial charge is 0.416 e. The van der Waals surface area contributed by atoms with E-state index in [4.69, 9.17) is 4.74 Å². The number of likely N-dealkylation sites (N-methyl/N-ethyl adjacent to an activating group) is 1. The Hall–Kier alpha value is -2.92. The molecule has 0 aromatic heterocycles. The summed E-state index contributed by atoms with van der Waals surface area (Å²) in [5.74, 6) is -0.509. The quantitative estimate of drug-likeness (QED) is 0.583. The minimum atomic E-state index is -4.55. The number of anilines is 2. The molecule has 33 heavy (non-hydrogen) atoms. The first-order valence-electron chi connectivity index (χ1n) is 10.2. The number of nitrogens with zero attached hydrogens (tertiary/aromatic N) is 2. The normalized spacial score (nSPS) is 14.6. The van der Waals surface area contributed by atoms with E-state index in [0.29, 0.717) is 37.6 Å². The van der Waals surface area contributed by atoms with Crippen molar-refractivity contribution >= 4 is 17.3 Å². The van der Waals surface area contributed by atoms with Crippen LogP contribution in [0.5, 0.6) is 5.75 Å². The van der Waals surface area contributed by atoms with Crippen molar-refractivity contribution in [2.45, 2.75) is 19.3 Å². The zero-order valence-electron chi connectivity index (χ0n) is 17.9. The predicted octanol–water partition coefficient (Wildman–Crippen LogP) is 4.21. The van der Waals surface area contributed by atoms with Gasteiger partial charge in [0, 0.05) is 19.6 Å². The zero-order valence-corrected chi connectivity index (χ0v) is 17.9. The molecule has 1 heterocycles. The predicted molar refractivity (Wildman–Crippen MR) is 113 cm³/mol. The van der Waals surface area contributed by atoms with Crippen LogP contribution in [0.15, 0.2) is 42.5 Å². The molecule has 0 unspecified atom stereocenters. The molecule has 1 N–H and O–H groups in total. The summed E-state index contributed by atoms with van der Waals surface area (Å²) in [6, 6.07) is 9.33. The van der Waals surface area contributed by atoms with Crippen molar-refractivity contribution in [2.75, 3.05) is 50.1 Å². The van der Waals surface area contributed by atoms with Crippen LogP contribution in [0, 0.1) is 0 Å². The topological polar surface area (TPSA) is 54.0 Å². The van der Waals surface area contributed by atoms with E-state index >= 15 is 0 Å². The van der Waals surface area contributed by atoms with Gasteiger partial charge in [0.15, 0.2) is 0 Å². The van der Waals surface area contributed by atoms with Crippen molar-refractivity contribution in [3.05, 3.63) is 53.6 Å². The maximum Gasteiger partial charge on any atom is 0.416 e. The molecule has 1 fully saturated rings. The van der Waals surface area contributed by atoms with Gasteiger partial charge < -0.3 is 19.7 Å². The number of hydrogen-bond donors (Lipinski definition) is 1. The van der Waals surface area contributed by atoms with E-state index in [1.165, 1.54) is 18.2 Å².